The first-order valence-corrected chi connectivity index (χ1v) is 7.73. The maximum absolute atomic E-state index is 6.43. The van der Waals surface area contributed by atoms with Crippen LogP contribution < -0.4 is 14.2 Å². The first kappa shape index (κ1) is 13.2. The molecule has 3 aliphatic rings. The molecule has 23 heavy (non-hydrogen) atoms. The van der Waals surface area contributed by atoms with Gasteiger partial charge in [0.2, 0.25) is 0 Å². The molecular formula is C18H17NO4. The van der Waals surface area contributed by atoms with E-state index in [0.717, 1.165) is 22.6 Å². The van der Waals surface area contributed by atoms with Crippen LogP contribution in [0.25, 0.3) is 0 Å². The molecule has 4 unspecified atom stereocenters. The van der Waals surface area contributed by atoms with Crippen molar-refractivity contribution in [3.8, 4) is 17.2 Å². The number of hydrogen-bond donors (Lipinski definition) is 0. The highest BCUT2D eigenvalue weighted by Gasteiger charge is 2.70. The molecule has 118 valence electrons. The van der Waals surface area contributed by atoms with Crippen LogP contribution in [0.5, 0.6) is 17.2 Å². The third kappa shape index (κ3) is 1.44. The topological polar surface area (TPSA) is 49.8 Å². The molecule has 1 aromatic heterocycles. The lowest BCUT2D eigenvalue weighted by Gasteiger charge is -2.41. The molecule has 4 atom stereocenters. The van der Waals surface area contributed by atoms with Crippen molar-refractivity contribution in [2.75, 3.05) is 7.11 Å². The molecule has 2 aromatic rings. The number of methoxy groups -OCH3 is 1. The molecule has 0 saturated carbocycles. The third-order valence-electron chi connectivity index (χ3n) is 5.33. The summed E-state index contributed by atoms with van der Waals surface area (Å²) >= 11 is 0. The maximum atomic E-state index is 6.43. The zero-order valence-corrected chi connectivity index (χ0v) is 13.2. The van der Waals surface area contributed by atoms with E-state index in [0.29, 0.717) is 5.75 Å². The van der Waals surface area contributed by atoms with Gasteiger partial charge in [-0.25, -0.2) is 0 Å². The van der Waals surface area contributed by atoms with Crippen LogP contribution in [0.4, 0.5) is 0 Å². The highest BCUT2D eigenvalue weighted by atomic mass is 16.7. The average molecular weight is 311 g/mol. The van der Waals surface area contributed by atoms with Gasteiger partial charge < -0.3 is 18.9 Å². The lowest BCUT2D eigenvalue weighted by atomic mass is 9.75. The Morgan fingerprint density at radius 2 is 1.74 bits per heavy atom. The van der Waals surface area contributed by atoms with Gasteiger partial charge in [-0.1, -0.05) is 0 Å². The van der Waals surface area contributed by atoms with E-state index in [9.17, 15) is 0 Å². The summed E-state index contributed by atoms with van der Waals surface area (Å²) in [6.45, 7) is 4.12. The number of pyridine rings is 1. The minimum absolute atomic E-state index is 0.191. The molecule has 1 aromatic carbocycles. The Labute approximate surface area is 134 Å². The number of ether oxygens (including phenoxy) is 4. The van der Waals surface area contributed by atoms with Gasteiger partial charge in [-0.3, -0.25) is 4.98 Å². The van der Waals surface area contributed by atoms with Crippen LogP contribution in [0, 0.1) is 0 Å². The summed E-state index contributed by atoms with van der Waals surface area (Å²) in [5.74, 6) is 2.16. The molecule has 0 radical (unpaired) electrons. The molecule has 5 heteroatoms. The summed E-state index contributed by atoms with van der Waals surface area (Å²) in [5.41, 5.74) is 1.12. The van der Waals surface area contributed by atoms with Crippen molar-refractivity contribution in [3.63, 3.8) is 0 Å². The first-order valence-electron chi connectivity index (χ1n) is 7.73. The van der Waals surface area contributed by atoms with Gasteiger partial charge in [-0.2, -0.15) is 0 Å². The fraction of sp³-hybridized carbons (Fsp3) is 0.389. The third-order valence-corrected chi connectivity index (χ3v) is 5.33. The van der Waals surface area contributed by atoms with Crippen molar-refractivity contribution in [2.45, 2.75) is 37.3 Å². The summed E-state index contributed by atoms with van der Waals surface area (Å²) in [5, 5.41) is 0. The van der Waals surface area contributed by atoms with E-state index in [1.807, 2.05) is 30.5 Å². The van der Waals surface area contributed by atoms with Crippen LogP contribution in [0.2, 0.25) is 0 Å². The lowest BCUT2D eigenvalue weighted by Crippen LogP contribution is -2.53. The second-order valence-corrected chi connectivity index (χ2v) is 6.63. The van der Waals surface area contributed by atoms with Gasteiger partial charge in [0.25, 0.3) is 0 Å². The highest BCUT2D eigenvalue weighted by Crippen LogP contribution is 2.61. The Kier molecular flexibility index (Phi) is 2.28. The van der Waals surface area contributed by atoms with Gasteiger partial charge in [0.1, 0.15) is 17.0 Å². The van der Waals surface area contributed by atoms with Crippen molar-refractivity contribution >= 4 is 0 Å². The molecular weight excluding hydrogens is 294 g/mol. The summed E-state index contributed by atoms with van der Waals surface area (Å²) in [4.78, 5) is 4.26. The predicted octanol–water partition coefficient (Wildman–Crippen LogP) is 2.77. The normalized spacial score (nSPS) is 35.6. The molecule has 0 aliphatic carbocycles. The molecule has 0 N–H and O–H groups in total. The molecule has 1 saturated heterocycles. The Morgan fingerprint density at radius 3 is 2.52 bits per heavy atom. The summed E-state index contributed by atoms with van der Waals surface area (Å²) < 4.78 is 24.3. The average Bonchev–Trinajstić information content (AvgIpc) is 2.96. The van der Waals surface area contributed by atoms with E-state index in [-0.39, 0.29) is 12.2 Å². The monoisotopic (exact) mass is 311 g/mol. The van der Waals surface area contributed by atoms with E-state index in [2.05, 4.69) is 18.8 Å². The van der Waals surface area contributed by atoms with Crippen LogP contribution in [0.15, 0.2) is 36.7 Å². The Morgan fingerprint density at radius 1 is 1.00 bits per heavy atom. The lowest BCUT2D eigenvalue weighted by molar-refractivity contribution is -0.0916. The fourth-order valence-corrected chi connectivity index (χ4v) is 4.20. The first-order chi connectivity index (χ1) is 11.1. The number of hydrogen-bond acceptors (Lipinski definition) is 5. The zero-order valence-electron chi connectivity index (χ0n) is 13.2. The zero-order chi connectivity index (χ0) is 15.8. The molecule has 0 amide bonds. The standard InChI is InChI=1S/C18H17NO4/c1-17-11-6-7-19-9-12(11)18(2,23-17)16-15(17)21-13-5-4-10(20-3)8-14(13)22-16/h4-9,15-16H,1-3H3. The van der Waals surface area contributed by atoms with Crippen molar-refractivity contribution in [3.05, 3.63) is 47.8 Å². The van der Waals surface area contributed by atoms with Crippen molar-refractivity contribution in [2.24, 2.45) is 0 Å². The molecule has 3 aliphatic heterocycles. The van der Waals surface area contributed by atoms with Crippen molar-refractivity contribution < 1.29 is 18.9 Å². The minimum atomic E-state index is -0.566. The quantitative estimate of drug-likeness (QED) is 0.810. The van der Waals surface area contributed by atoms with Gasteiger partial charge in [-0.05, 0) is 37.6 Å². The van der Waals surface area contributed by atoms with Crippen LogP contribution in [-0.2, 0) is 15.9 Å². The van der Waals surface area contributed by atoms with Gasteiger partial charge in [0, 0.05) is 24.0 Å². The molecule has 5 nitrogen and oxygen atoms in total. The van der Waals surface area contributed by atoms with Crippen LogP contribution in [0.3, 0.4) is 0 Å². The van der Waals surface area contributed by atoms with Crippen LogP contribution >= 0.6 is 0 Å². The molecule has 2 bridgehead atoms. The van der Waals surface area contributed by atoms with E-state index >= 15 is 0 Å². The molecule has 1 fully saturated rings. The maximum Gasteiger partial charge on any atom is 0.172 e. The Bertz CT molecular complexity index is 822. The largest absolute Gasteiger partial charge is 0.497 e. The number of rotatable bonds is 1. The molecule has 5 rings (SSSR count). The molecule has 0 spiro atoms. The number of aromatic nitrogens is 1. The van der Waals surface area contributed by atoms with E-state index in [1.165, 1.54) is 0 Å². The highest BCUT2D eigenvalue weighted by molar-refractivity contribution is 5.52. The Balaban J connectivity index is 1.66. The van der Waals surface area contributed by atoms with E-state index in [1.54, 1.807) is 13.3 Å². The summed E-state index contributed by atoms with van der Waals surface area (Å²) in [7, 11) is 1.64. The second-order valence-electron chi connectivity index (χ2n) is 6.63. The van der Waals surface area contributed by atoms with Crippen molar-refractivity contribution in [1.82, 2.24) is 4.98 Å². The van der Waals surface area contributed by atoms with E-state index in [4.69, 9.17) is 18.9 Å². The predicted molar refractivity (Wildman–Crippen MR) is 81.9 cm³/mol. The summed E-state index contributed by atoms with van der Waals surface area (Å²) in [6, 6.07) is 7.63. The van der Waals surface area contributed by atoms with Crippen LogP contribution in [-0.4, -0.2) is 24.3 Å². The van der Waals surface area contributed by atoms with Gasteiger partial charge in [-0.15, -0.1) is 0 Å². The van der Waals surface area contributed by atoms with E-state index < -0.39 is 11.2 Å². The smallest absolute Gasteiger partial charge is 0.172 e. The van der Waals surface area contributed by atoms with Crippen LogP contribution in [0.1, 0.15) is 25.0 Å². The minimum Gasteiger partial charge on any atom is -0.497 e. The van der Waals surface area contributed by atoms with Gasteiger partial charge in [0.15, 0.2) is 23.7 Å². The number of nitrogens with zero attached hydrogens (tertiary/aromatic N) is 1. The summed E-state index contributed by atoms with van der Waals surface area (Å²) in [6.07, 6.45) is 3.27. The Hall–Kier alpha value is -2.27. The SMILES string of the molecule is COc1ccc2c(c1)OC1C(O2)C2(C)OC1(C)c1cnccc12. The van der Waals surface area contributed by atoms with Crippen molar-refractivity contribution in [1.29, 1.82) is 0 Å². The second kappa shape index (κ2) is 3.97. The number of fused-ring (bicyclic) bond motifs is 9. The van der Waals surface area contributed by atoms with Gasteiger partial charge >= 0.3 is 0 Å². The fourth-order valence-electron chi connectivity index (χ4n) is 4.20. The number of benzene rings is 1. The molecule has 4 heterocycles. The van der Waals surface area contributed by atoms with Gasteiger partial charge in [0.05, 0.1) is 7.11 Å².